The summed E-state index contributed by atoms with van der Waals surface area (Å²) in [5, 5.41) is 12.1. The van der Waals surface area contributed by atoms with Gasteiger partial charge in [-0.05, 0) is 19.8 Å². The van der Waals surface area contributed by atoms with Crippen LogP contribution in [0.2, 0.25) is 0 Å². The van der Waals surface area contributed by atoms with Gasteiger partial charge >= 0.3 is 5.69 Å². The van der Waals surface area contributed by atoms with Gasteiger partial charge in [0.1, 0.15) is 11.5 Å². The quantitative estimate of drug-likeness (QED) is 0.659. The van der Waals surface area contributed by atoms with Crippen molar-refractivity contribution in [3.8, 4) is 0 Å². The van der Waals surface area contributed by atoms with Crippen LogP contribution >= 0.6 is 0 Å². The monoisotopic (exact) mass is 284 g/mol. The molecule has 0 radical (unpaired) electrons. The second kappa shape index (κ2) is 7.14. The van der Waals surface area contributed by atoms with E-state index in [2.05, 4.69) is 5.32 Å². The molecule has 0 aromatic carbocycles. The molecule has 0 aliphatic heterocycles. The summed E-state index contributed by atoms with van der Waals surface area (Å²) >= 11 is 0. The lowest BCUT2D eigenvalue weighted by atomic mass is 10.3. The molecule has 0 bridgehead atoms. The molecule has 114 valence electrons. The van der Waals surface area contributed by atoms with E-state index in [0.29, 0.717) is 19.5 Å². The third-order valence-electron chi connectivity index (χ3n) is 3.18. The summed E-state index contributed by atoms with van der Waals surface area (Å²) < 4.78 is 2.46. The van der Waals surface area contributed by atoms with Crippen LogP contribution in [-0.2, 0) is 13.6 Å². The molecule has 0 aliphatic carbocycles. The number of nitrogens with two attached hydrogens (primary N) is 1. The molecule has 20 heavy (non-hydrogen) atoms. The van der Waals surface area contributed by atoms with Crippen LogP contribution < -0.4 is 22.3 Å². The van der Waals surface area contributed by atoms with Gasteiger partial charge in [0.05, 0.1) is 6.10 Å². The molecule has 7 heteroatoms. The maximum atomic E-state index is 12.1. The Morgan fingerprint density at radius 1 is 1.40 bits per heavy atom. The highest BCUT2D eigenvalue weighted by molar-refractivity contribution is 5.60. The molecular weight excluding hydrogens is 260 g/mol. The highest BCUT2D eigenvalue weighted by atomic mass is 16.3. The molecule has 1 atom stereocenters. The molecule has 1 unspecified atom stereocenters. The molecule has 0 spiro atoms. The largest absolute Gasteiger partial charge is 0.393 e. The zero-order valence-corrected chi connectivity index (χ0v) is 12.3. The van der Waals surface area contributed by atoms with Gasteiger partial charge < -0.3 is 16.2 Å². The number of aromatic nitrogens is 2. The molecule has 0 aliphatic rings. The van der Waals surface area contributed by atoms with Crippen molar-refractivity contribution in [1.29, 1.82) is 0 Å². The van der Waals surface area contributed by atoms with Crippen LogP contribution in [0.3, 0.4) is 0 Å². The fourth-order valence-corrected chi connectivity index (χ4v) is 1.89. The second-order valence-corrected chi connectivity index (χ2v) is 4.98. The van der Waals surface area contributed by atoms with Crippen LogP contribution in [0.4, 0.5) is 11.5 Å². The SMILES string of the molecule is CCCCn1c(N)c(NCCC(C)O)c(=O)n(C)c1=O. The number of rotatable bonds is 7. The average Bonchev–Trinajstić information content (AvgIpc) is 2.40. The third kappa shape index (κ3) is 3.63. The number of anilines is 2. The predicted octanol–water partition coefficient (Wildman–Crippen LogP) is 0.112. The zero-order valence-electron chi connectivity index (χ0n) is 12.3. The van der Waals surface area contributed by atoms with Gasteiger partial charge in [-0.15, -0.1) is 0 Å². The van der Waals surface area contributed by atoms with E-state index in [1.54, 1.807) is 6.92 Å². The standard InChI is InChI=1S/C13H24N4O3/c1-4-5-8-17-11(14)10(15-7-6-9(2)18)12(19)16(3)13(17)20/h9,15,18H,4-8,14H2,1-3H3. The summed E-state index contributed by atoms with van der Waals surface area (Å²) in [5.74, 6) is 0.164. The Morgan fingerprint density at radius 3 is 2.60 bits per heavy atom. The normalized spacial score (nSPS) is 12.4. The van der Waals surface area contributed by atoms with Crippen molar-refractivity contribution in [2.24, 2.45) is 7.05 Å². The minimum absolute atomic E-state index is 0.164. The number of hydrogen-bond donors (Lipinski definition) is 3. The number of aliphatic hydroxyl groups excluding tert-OH is 1. The van der Waals surface area contributed by atoms with Crippen molar-refractivity contribution in [2.45, 2.75) is 45.8 Å². The first-order valence-electron chi connectivity index (χ1n) is 6.91. The molecule has 1 aromatic rings. The molecule has 1 heterocycles. The number of nitrogen functional groups attached to an aromatic ring is 1. The lowest BCUT2D eigenvalue weighted by Gasteiger charge is -2.16. The van der Waals surface area contributed by atoms with Gasteiger partial charge in [-0.3, -0.25) is 13.9 Å². The van der Waals surface area contributed by atoms with Gasteiger partial charge in [0.2, 0.25) is 0 Å². The highest BCUT2D eigenvalue weighted by Gasteiger charge is 2.14. The number of hydrogen-bond acceptors (Lipinski definition) is 5. The van der Waals surface area contributed by atoms with Crippen molar-refractivity contribution in [3.63, 3.8) is 0 Å². The van der Waals surface area contributed by atoms with Crippen molar-refractivity contribution in [3.05, 3.63) is 20.8 Å². The summed E-state index contributed by atoms with van der Waals surface area (Å²) in [6.45, 7) is 4.60. The minimum Gasteiger partial charge on any atom is -0.393 e. The Kier molecular flexibility index (Phi) is 5.82. The average molecular weight is 284 g/mol. The van der Waals surface area contributed by atoms with Gasteiger partial charge in [0, 0.05) is 20.1 Å². The van der Waals surface area contributed by atoms with E-state index in [1.807, 2.05) is 6.92 Å². The van der Waals surface area contributed by atoms with Gasteiger partial charge in [-0.25, -0.2) is 4.79 Å². The fraction of sp³-hybridized carbons (Fsp3) is 0.692. The highest BCUT2D eigenvalue weighted by Crippen LogP contribution is 2.11. The molecule has 4 N–H and O–H groups in total. The van der Waals surface area contributed by atoms with Gasteiger partial charge in [-0.1, -0.05) is 13.3 Å². The second-order valence-electron chi connectivity index (χ2n) is 4.98. The molecule has 1 rings (SSSR count). The number of unbranched alkanes of at least 4 members (excludes halogenated alkanes) is 1. The van der Waals surface area contributed by atoms with E-state index in [-0.39, 0.29) is 11.5 Å². The van der Waals surface area contributed by atoms with E-state index in [1.165, 1.54) is 11.6 Å². The Labute approximate surface area is 118 Å². The van der Waals surface area contributed by atoms with Crippen LogP contribution in [0.15, 0.2) is 9.59 Å². The van der Waals surface area contributed by atoms with Crippen LogP contribution in [0.1, 0.15) is 33.1 Å². The van der Waals surface area contributed by atoms with Crippen LogP contribution in [0, 0.1) is 0 Å². The Morgan fingerprint density at radius 2 is 2.05 bits per heavy atom. The first-order chi connectivity index (χ1) is 9.40. The Balaban J connectivity index is 3.13. The minimum atomic E-state index is -0.460. The fourth-order valence-electron chi connectivity index (χ4n) is 1.89. The Bertz CT molecular complexity index is 560. The molecular formula is C13H24N4O3. The maximum absolute atomic E-state index is 12.1. The topological polar surface area (TPSA) is 102 Å². The van der Waals surface area contributed by atoms with Gasteiger partial charge in [-0.2, -0.15) is 0 Å². The first-order valence-corrected chi connectivity index (χ1v) is 6.91. The van der Waals surface area contributed by atoms with Crippen molar-refractivity contribution < 1.29 is 5.11 Å². The number of nitrogens with one attached hydrogen (secondary N) is 1. The molecule has 1 aromatic heterocycles. The van der Waals surface area contributed by atoms with E-state index < -0.39 is 17.4 Å². The predicted molar refractivity (Wildman–Crippen MR) is 80.1 cm³/mol. The van der Waals surface area contributed by atoms with Crippen molar-refractivity contribution in [1.82, 2.24) is 9.13 Å². The third-order valence-corrected chi connectivity index (χ3v) is 3.18. The van der Waals surface area contributed by atoms with Crippen molar-refractivity contribution in [2.75, 3.05) is 17.6 Å². The zero-order chi connectivity index (χ0) is 15.3. The summed E-state index contributed by atoms with van der Waals surface area (Å²) in [6.07, 6.45) is 1.78. The van der Waals surface area contributed by atoms with E-state index in [0.717, 1.165) is 17.4 Å². The van der Waals surface area contributed by atoms with E-state index >= 15 is 0 Å². The smallest absolute Gasteiger partial charge is 0.332 e. The molecule has 7 nitrogen and oxygen atoms in total. The number of aliphatic hydroxyl groups is 1. The summed E-state index contributed by atoms with van der Waals surface area (Å²) in [5.41, 5.74) is 5.32. The van der Waals surface area contributed by atoms with Gasteiger partial charge in [0.25, 0.3) is 5.56 Å². The van der Waals surface area contributed by atoms with Gasteiger partial charge in [0.15, 0.2) is 0 Å². The Hall–Kier alpha value is -1.76. The van der Waals surface area contributed by atoms with Crippen LogP contribution in [0.25, 0.3) is 0 Å². The summed E-state index contributed by atoms with van der Waals surface area (Å²) in [7, 11) is 1.44. The molecule has 0 saturated carbocycles. The lowest BCUT2D eigenvalue weighted by Crippen LogP contribution is -2.41. The van der Waals surface area contributed by atoms with Crippen LogP contribution in [-0.4, -0.2) is 26.9 Å². The lowest BCUT2D eigenvalue weighted by molar-refractivity contribution is 0.188. The molecule has 0 saturated heterocycles. The summed E-state index contributed by atoms with van der Waals surface area (Å²) in [4.78, 5) is 24.1. The van der Waals surface area contributed by atoms with E-state index in [9.17, 15) is 14.7 Å². The van der Waals surface area contributed by atoms with Crippen molar-refractivity contribution >= 4 is 11.5 Å². The number of nitrogens with zero attached hydrogens (tertiary/aromatic N) is 2. The summed E-state index contributed by atoms with van der Waals surface area (Å²) in [6, 6.07) is 0. The first kappa shape index (κ1) is 16.3. The van der Waals surface area contributed by atoms with E-state index in [4.69, 9.17) is 5.73 Å². The molecule has 0 amide bonds. The van der Waals surface area contributed by atoms with Crippen LogP contribution in [0.5, 0.6) is 0 Å². The maximum Gasteiger partial charge on any atom is 0.332 e. The molecule has 0 fully saturated rings.